The number of rotatable bonds is 0. The summed E-state index contributed by atoms with van der Waals surface area (Å²) >= 11 is 0. The van der Waals surface area contributed by atoms with E-state index in [-0.39, 0.29) is 0 Å². The zero-order chi connectivity index (χ0) is 9.97. The summed E-state index contributed by atoms with van der Waals surface area (Å²) in [7, 11) is 0. The van der Waals surface area contributed by atoms with Crippen molar-refractivity contribution >= 4 is 10.9 Å². The van der Waals surface area contributed by atoms with Crippen LogP contribution in [0.15, 0.2) is 30.3 Å². The molecule has 3 heteroatoms. The van der Waals surface area contributed by atoms with Crippen LogP contribution in [-0.2, 0) is 0 Å². The highest BCUT2D eigenvalue weighted by atomic mass is 14.7. The number of pyridine rings is 1. The number of nitrogens with zero attached hydrogens (tertiary/aromatic N) is 3. The molecule has 2 rings (SSSR count). The Morgan fingerprint density at radius 3 is 2.57 bits per heavy atom. The van der Waals surface area contributed by atoms with Crippen molar-refractivity contribution in [3.63, 3.8) is 0 Å². The van der Waals surface area contributed by atoms with Gasteiger partial charge < -0.3 is 0 Å². The van der Waals surface area contributed by atoms with Crippen molar-refractivity contribution in [1.82, 2.24) is 4.98 Å². The maximum atomic E-state index is 8.68. The topological polar surface area (TPSA) is 60.5 Å². The Bertz CT molecular complexity index is 520. The van der Waals surface area contributed by atoms with E-state index >= 15 is 0 Å². The maximum absolute atomic E-state index is 8.68. The van der Waals surface area contributed by atoms with Gasteiger partial charge in [-0.2, -0.15) is 10.5 Å². The van der Waals surface area contributed by atoms with E-state index in [2.05, 4.69) is 11.1 Å². The molecule has 0 bridgehead atoms. The van der Waals surface area contributed by atoms with Gasteiger partial charge in [0, 0.05) is 5.39 Å². The van der Waals surface area contributed by atoms with Crippen LogP contribution < -0.4 is 0 Å². The van der Waals surface area contributed by atoms with Crippen LogP contribution in [0.4, 0.5) is 0 Å². The number of nitriles is 2. The average Bonchev–Trinajstić information content (AvgIpc) is 2.27. The highest BCUT2D eigenvalue weighted by Crippen LogP contribution is 2.13. The van der Waals surface area contributed by atoms with Crippen LogP contribution in [0.3, 0.4) is 0 Å². The molecule has 0 saturated heterocycles. The van der Waals surface area contributed by atoms with Crippen LogP contribution in [-0.4, -0.2) is 4.98 Å². The molecule has 1 aromatic carbocycles. The quantitative estimate of drug-likeness (QED) is 0.621. The fourth-order valence-electron chi connectivity index (χ4n) is 1.26. The lowest BCUT2D eigenvalue weighted by Crippen LogP contribution is -1.84. The molecular formula is C11H5N3. The first-order valence-electron chi connectivity index (χ1n) is 4.04. The molecule has 1 aromatic heterocycles. The summed E-state index contributed by atoms with van der Waals surface area (Å²) in [6.45, 7) is 0. The standard InChI is InChI=1S/C11H5N3/c12-6-8-1-4-11-9(5-8)2-3-10(7-13)14-11/h1-5H. The summed E-state index contributed by atoms with van der Waals surface area (Å²) < 4.78 is 0. The van der Waals surface area contributed by atoms with Gasteiger partial charge in [-0.25, -0.2) is 4.98 Å². The number of benzene rings is 1. The van der Waals surface area contributed by atoms with Gasteiger partial charge in [-0.05, 0) is 30.3 Å². The van der Waals surface area contributed by atoms with E-state index in [9.17, 15) is 0 Å². The molecule has 0 aliphatic carbocycles. The molecular weight excluding hydrogens is 174 g/mol. The first-order valence-corrected chi connectivity index (χ1v) is 4.04. The molecule has 0 fully saturated rings. The lowest BCUT2D eigenvalue weighted by atomic mass is 10.1. The van der Waals surface area contributed by atoms with Crippen LogP contribution >= 0.6 is 0 Å². The minimum absolute atomic E-state index is 0.391. The van der Waals surface area contributed by atoms with E-state index in [0.29, 0.717) is 11.3 Å². The normalized spacial score (nSPS) is 9.29. The van der Waals surface area contributed by atoms with Crippen molar-refractivity contribution in [1.29, 1.82) is 10.5 Å². The Kier molecular flexibility index (Phi) is 1.86. The first kappa shape index (κ1) is 8.22. The molecule has 0 N–H and O–H groups in total. The molecule has 0 aliphatic heterocycles. The van der Waals surface area contributed by atoms with Gasteiger partial charge >= 0.3 is 0 Å². The summed E-state index contributed by atoms with van der Waals surface area (Å²) in [5.41, 5.74) is 1.73. The molecule has 1 heterocycles. The zero-order valence-corrected chi connectivity index (χ0v) is 7.23. The Labute approximate surface area is 80.8 Å². The summed E-state index contributed by atoms with van der Waals surface area (Å²) in [5.74, 6) is 0. The van der Waals surface area contributed by atoms with Crippen LogP contribution in [0.25, 0.3) is 10.9 Å². The van der Waals surface area contributed by atoms with Crippen molar-refractivity contribution < 1.29 is 0 Å². The summed E-state index contributed by atoms with van der Waals surface area (Å²) in [6, 6.07) is 12.7. The molecule has 14 heavy (non-hydrogen) atoms. The number of hydrogen-bond acceptors (Lipinski definition) is 3. The van der Waals surface area contributed by atoms with Crippen molar-refractivity contribution in [2.24, 2.45) is 0 Å². The highest BCUT2D eigenvalue weighted by molar-refractivity contribution is 5.80. The Morgan fingerprint density at radius 2 is 1.86 bits per heavy atom. The van der Waals surface area contributed by atoms with Crippen LogP contribution in [0.5, 0.6) is 0 Å². The molecule has 0 radical (unpaired) electrons. The first-order chi connectivity index (χ1) is 6.83. The van der Waals surface area contributed by atoms with Gasteiger partial charge in [0.2, 0.25) is 0 Å². The lowest BCUT2D eigenvalue weighted by molar-refractivity contribution is 1.32. The average molecular weight is 179 g/mol. The zero-order valence-electron chi connectivity index (χ0n) is 7.23. The summed E-state index contributed by atoms with van der Waals surface area (Å²) in [5, 5.41) is 18.2. The van der Waals surface area contributed by atoms with E-state index in [1.54, 1.807) is 30.3 Å². The fourth-order valence-corrected chi connectivity index (χ4v) is 1.26. The van der Waals surface area contributed by atoms with Gasteiger partial charge in [0.15, 0.2) is 0 Å². The second-order valence-electron chi connectivity index (χ2n) is 2.83. The number of hydrogen-bond donors (Lipinski definition) is 0. The van der Waals surface area contributed by atoms with Crippen LogP contribution in [0.1, 0.15) is 11.3 Å². The Balaban J connectivity index is 2.72. The minimum Gasteiger partial charge on any atom is -0.237 e. The van der Waals surface area contributed by atoms with Gasteiger partial charge in [-0.1, -0.05) is 0 Å². The SMILES string of the molecule is N#Cc1ccc2nc(C#N)ccc2c1. The van der Waals surface area contributed by atoms with Crippen molar-refractivity contribution in [3.05, 3.63) is 41.6 Å². The predicted molar refractivity (Wildman–Crippen MR) is 51.2 cm³/mol. The molecule has 64 valence electrons. The smallest absolute Gasteiger partial charge is 0.141 e. The van der Waals surface area contributed by atoms with Crippen molar-refractivity contribution in [2.45, 2.75) is 0 Å². The van der Waals surface area contributed by atoms with Crippen molar-refractivity contribution in [2.75, 3.05) is 0 Å². The predicted octanol–water partition coefficient (Wildman–Crippen LogP) is 1.98. The van der Waals surface area contributed by atoms with Gasteiger partial charge in [0.25, 0.3) is 0 Å². The van der Waals surface area contributed by atoms with Gasteiger partial charge in [0.05, 0.1) is 17.1 Å². The van der Waals surface area contributed by atoms with E-state index in [1.165, 1.54) is 0 Å². The van der Waals surface area contributed by atoms with Gasteiger partial charge in [-0.3, -0.25) is 0 Å². The third-order valence-corrected chi connectivity index (χ3v) is 1.93. The molecule has 2 aromatic rings. The molecule has 0 atom stereocenters. The van der Waals surface area contributed by atoms with E-state index in [0.717, 1.165) is 10.9 Å². The number of aromatic nitrogens is 1. The second-order valence-corrected chi connectivity index (χ2v) is 2.83. The molecule has 0 unspecified atom stereocenters. The Morgan fingerprint density at radius 1 is 1.00 bits per heavy atom. The van der Waals surface area contributed by atoms with Crippen LogP contribution in [0.2, 0.25) is 0 Å². The molecule has 0 spiro atoms. The molecule has 3 nitrogen and oxygen atoms in total. The van der Waals surface area contributed by atoms with Crippen LogP contribution in [0, 0.1) is 22.7 Å². The minimum atomic E-state index is 0.391. The largest absolute Gasteiger partial charge is 0.237 e. The van der Waals surface area contributed by atoms with Gasteiger partial charge in [-0.15, -0.1) is 0 Å². The molecule has 0 amide bonds. The monoisotopic (exact) mass is 179 g/mol. The Hall–Kier alpha value is -2.39. The fraction of sp³-hybridized carbons (Fsp3) is 0. The molecule has 0 aliphatic rings. The summed E-state index contributed by atoms with van der Waals surface area (Å²) in [6.07, 6.45) is 0. The third kappa shape index (κ3) is 1.28. The third-order valence-electron chi connectivity index (χ3n) is 1.93. The highest BCUT2D eigenvalue weighted by Gasteiger charge is 1.98. The van der Waals surface area contributed by atoms with E-state index in [4.69, 9.17) is 10.5 Å². The lowest BCUT2D eigenvalue weighted by Gasteiger charge is -1.96. The van der Waals surface area contributed by atoms with E-state index < -0.39 is 0 Å². The molecule has 0 saturated carbocycles. The second kappa shape index (κ2) is 3.16. The van der Waals surface area contributed by atoms with Gasteiger partial charge in [0.1, 0.15) is 11.8 Å². The summed E-state index contributed by atoms with van der Waals surface area (Å²) in [4.78, 5) is 4.10. The van der Waals surface area contributed by atoms with E-state index in [1.807, 2.05) is 6.07 Å². The number of fused-ring (bicyclic) bond motifs is 1. The maximum Gasteiger partial charge on any atom is 0.141 e. The van der Waals surface area contributed by atoms with Crippen molar-refractivity contribution in [3.8, 4) is 12.1 Å².